The van der Waals surface area contributed by atoms with E-state index >= 15 is 0 Å². The molecule has 0 fully saturated rings. The second-order valence-electron chi connectivity index (χ2n) is 3.91. The van der Waals surface area contributed by atoms with Crippen molar-refractivity contribution in [2.24, 2.45) is 0 Å². The van der Waals surface area contributed by atoms with Crippen molar-refractivity contribution in [2.75, 3.05) is 11.4 Å². The van der Waals surface area contributed by atoms with Crippen LogP contribution in [0.4, 0.5) is 20.3 Å². The van der Waals surface area contributed by atoms with Crippen LogP contribution >= 0.6 is 15.9 Å². The third-order valence-corrected chi connectivity index (χ3v) is 3.44. The van der Waals surface area contributed by atoms with Crippen LogP contribution in [-0.2, 0) is 6.42 Å². The fourth-order valence-corrected chi connectivity index (χ4v) is 2.32. The molecule has 0 spiro atoms. The van der Waals surface area contributed by atoms with E-state index in [4.69, 9.17) is 0 Å². The molecule has 1 aliphatic rings. The molecule has 3 rings (SSSR count). The number of fused-ring (bicyclic) bond motifs is 1. The quantitative estimate of drug-likeness (QED) is 0.758. The number of halogens is 3. The van der Waals surface area contributed by atoms with Gasteiger partial charge in [-0.25, -0.2) is 18.7 Å². The highest BCUT2D eigenvalue weighted by atomic mass is 79.9. The summed E-state index contributed by atoms with van der Waals surface area (Å²) in [6.45, 7) is 0.544. The molecular weight excluding hydrogens is 304 g/mol. The molecule has 1 radical (unpaired) electrons. The lowest BCUT2D eigenvalue weighted by molar-refractivity contribution is 0.593. The number of anilines is 2. The van der Waals surface area contributed by atoms with Crippen LogP contribution < -0.4 is 4.90 Å². The Kier molecular flexibility index (Phi) is 2.74. The van der Waals surface area contributed by atoms with Crippen molar-refractivity contribution < 1.29 is 8.78 Å². The number of benzene rings is 1. The molecule has 6 heteroatoms. The second kappa shape index (κ2) is 4.28. The third kappa shape index (κ3) is 1.77. The fraction of sp³-hybridized carbons (Fsp3) is 0.167. The van der Waals surface area contributed by atoms with Crippen LogP contribution in [0.25, 0.3) is 0 Å². The van der Waals surface area contributed by atoms with E-state index in [1.165, 1.54) is 6.33 Å². The molecule has 0 amide bonds. The van der Waals surface area contributed by atoms with E-state index in [9.17, 15) is 8.78 Å². The zero-order chi connectivity index (χ0) is 12.7. The minimum atomic E-state index is -0.502. The predicted molar refractivity (Wildman–Crippen MR) is 65.6 cm³/mol. The Morgan fingerprint density at radius 2 is 2.11 bits per heavy atom. The summed E-state index contributed by atoms with van der Waals surface area (Å²) in [5.41, 5.74) is 1.00. The molecule has 0 atom stereocenters. The summed E-state index contributed by atoms with van der Waals surface area (Å²) in [4.78, 5) is 9.53. The highest BCUT2D eigenvalue weighted by Crippen LogP contribution is 2.35. The van der Waals surface area contributed by atoms with Crippen molar-refractivity contribution in [3.63, 3.8) is 0 Å². The Balaban J connectivity index is 2.10. The largest absolute Gasteiger partial charge is 0.323 e. The Morgan fingerprint density at radius 1 is 1.28 bits per heavy atom. The Morgan fingerprint density at radius 3 is 2.94 bits per heavy atom. The molecule has 1 aromatic carbocycles. The van der Waals surface area contributed by atoms with Gasteiger partial charge in [-0.2, -0.15) is 0 Å². The molecule has 1 aliphatic heterocycles. The SMILES string of the molecule is Fc1cc(N2CCc3[c]ncnc32)c(F)cc1Br. The highest BCUT2D eigenvalue weighted by Gasteiger charge is 2.25. The molecule has 18 heavy (non-hydrogen) atoms. The molecule has 2 heterocycles. The topological polar surface area (TPSA) is 29.0 Å². The minimum Gasteiger partial charge on any atom is -0.323 e. The fourth-order valence-electron chi connectivity index (χ4n) is 2.00. The number of nitrogens with zero attached hydrogens (tertiary/aromatic N) is 3. The molecule has 0 aliphatic carbocycles. The van der Waals surface area contributed by atoms with Crippen LogP contribution in [0.1, 0.15) is 5.56 Å². The first-order valence-corrected chi connectivity index (χ1v) is 6.10. The van der Waals surface area contributed by atoms with Crippen molar-refractivity contribution in [3.8, 4) is 0 Å². The van der Waals surface area contributed by atoms with Crippen LogP contribution in [0.3, 0.4) is 0 Å². The van der Waals surface area contributed by atoms with Crippen LogP contribution in [0.5, 0.6) is 0 Å². The highest BCUT2D eigenvalue weighted by molar-refractivity contribution is 9.10. The van der Waals surface area contributed by atoms with Gasteiger partial charge < -0.3 is 4.90 Å². The van der Waals surface area contributed by atoms with Crippen LogP contribution in [0.2, 0.25) is 0 Å². The van der Waals surface area contributed by atoms with Gasteiger partial charge in [0.05, 0.1) is 16.4 Å². The van der Waals surface area contributed by atoms with Gasteiger partial charge in [0.15, 0.2) is 0 Å². The molecule has 2 aromatic rings. The Bertz CT molecular complexity index is 618. The van der Waals surface area contributed by atoms with Gasteiger partial charge in [0, 0.05) is 18.2 Å². The maximum absolute atomic E-state index is 13.9. The molecule has 91 valence electrons. The van der Waals surface area contributed by atoms with Gasteiger partial charge in [-0.1, -0.05) is 0 Å². The normalized spacial score (nSPS) is 13.8. The summed E-state index contributed by atoms with van der Waals surface area (Å²) in [6, 6.07) is 2.28. The number of rotatable bonds is 1. The molecule has 0 saturated heterocycles. The monoisotopic (exact) mass is 310 g/mol. The smallest absolute Gasteiger partial charge is 0.148 e. The standard InChI is InChI=1S/C12H7BrF2N3/c13-8-3-10(15)11(4-9(8)14)18-2-1-7-5-16-6-17-12(7)18/h3-4,6H,1-2H2. The molecule has 0 bridgehead atoms. The van der Waals surface area contributed by atoms with E-state index in [1.54, 1.807) is 4.90 Å². The van der Waals surface area contributed by atoms with Crippen molar-refractivity contribution in [1.29, 1.82) is 0 Å². The minimum absolute atomic E-state index is 0.109. The van der Waals surface area contributed by atoms with Crippen LogP contribution in [0, 0.1) is 17.8 Å². The van der Waals surface area contributed by atoms with E-state index in [2.05, 4.69) is 32.1 Å². The Labute approximate surface area is 111 Å². The van der Waals surface area contributed by atoms with Crippen molar-refractivity contribution in [2.45, 2.75) is 6.42 Å². The first-order valence-electron chi connectivity index (χ1n) is 5.30. The van der Waals surface area contributed by atoms with Gasteiger partial charge in [-0.05, 0) is 28.4 Å². The van der Waals surface area contributed by atoms with E-state index in [-0.39, 0.29) is 10.2 Å². The first-order chi connectivity index (χ1) is 8.66. The zero-order valence-corrected chi connectivity index (χ0v) is 10.7. The maximum atomic E-state index is 13.9. The summed E-state index contributed by atoms with van der Waals surface area (Å²) in [6.07, 6.45) is 4.84. The van der Waals surface area contributed by atoms with Crippen molar-refractivity contribution in [3.05, 3.63) is 46.3 Å². The summed E-state index contributed by atoms with van der Waals surface area (Å²) in [5, 5.41) is 0. The van der Waals surface area contributed by atoms with Gasteiger partial charge in [0.2, 0.25) is 0 Å². The summed E-state index contributed by atoms with van der Waals surface area (Å²) in [7, 11) is 0. The summed E-state index contributed by atoms with van der Waals surface area (Å²) < 4.78 is 27.5. The molecule has 0 unspecified atom stereocenters. The van der Waals surface area contributed by atoms with Crippen molar-refractivity contribution >= 4 is 27.4 Å². The molecule has 0 N–H and O–H groups in total. The number of aromatic nitrogens is 2. The lowest BCUT2D eigenvalue weighted by atomic mass is 10.2. The molecule has 1 aromatic heterocycles. The zero-order valence-electron chi connectivity index (χ0n) is 9.12. The van der Waals surface area contributed by atoms with E-state index < -0.39 is 11.6 Å². The van der Waals surface area contributed by atoms with Crippen LogP contribution in [0.15, 0.2) is 22.9 Å². The average molecular weight is 311 g/mol. The third-order valence-electron chi connectivity index (χ3n) is 2.83. The summed E-state index contributed by atoms with van der Waals surface area (Å²) >= 11 is 2.96. The van der Waals surface area contributed by atoms with E-state index in [1.807, 2.05) is 0 Å². The second-order valence-corrected chi connectivity index (χ2v) is 4.76. The predicted octanol–water partition coefficient (Wildman–Crippen LogP) is 3.01. The number of hydrogen-bond donors (Lipinski definition) is 0. The van der Waals surface area contributed by atoms with Gasteiger partial charge in [0.25, 0.3) is 0 Å². The van der Waals surface area contributed by atoms with Gasteiger partial charge >= 0.3 is 0 Å². The van der Waals surface area contributed by atoms with E-state index in [0.717, 1.165) is 17.7 Å². The Hall–Kier alpha value is -1.56. The maximum Gasteiger partial charge on any atom is 0.148 e. The number of hydrogen-bond acceptors (Lipinski definition) is 3. The van der Waals surface area contributed by atoms with E-state index in [0.29, 0.717) is 18.8 Å². The van der Waals surface area contributed by atoms with Crippen LogP contribution in [-0.4, -0.2) is 16.5 Å². The summed E-state index contributed by atoms with van der Waals surface area (Å²) in [5.74, 6) is -0.404. The molecular formula is C12H7BrF2N3. The van der Waals surface area contributed by atoms with Gasteiger partial charge in [-0.3, -0.25) is 0 Å². The average Bonchev–Trinajstić information content (AvgIpc) is 2.78. The molecule has 3 nitrogen and oxygen atoms in total. The lowest BCUT2D eigenvalue weighted by Crippen LogP contribution is -2.16. The van der Waals surface area contributed by atoms with Crippen molar-refractivity contribution in [1.82, 2.24) is 9.97 Å². The molecule has 0 saturated carbocycles. The first kappa shape index (κ1) is 11.5. The van der Waals surface area contributed by atoms with Gasteiger partial charge in [-0.15, -0.1) is 0 Å². The lowest BCUT2D eigenvalue weighted by Gasteiger charge is -2.19. The van der Waals surface area contributed by atoms with Gasteiger partial charge in [0.1, 0.15) is 23.8 Å².